The van der Waals surface area contributed by atoms with Gasteiger partial charge < -0.3 is 14.2 Å². The van der Waals surface area contributed by atoms with Gasteiger partial charge >= 0.3 is 11.9 Å². The summed E-state index contributed by atoms with van der Waals surface area (Å²) in [5.74, 6) is 0.443. The number of allylic oxidation sites excluding steroid dienone is 2. The fourth-order valence-electron chi connectivity index (χ4n) is 12.3. The molecular weight excluding hydrogens is 578 g/mol. The van der Waals surface area contributed by atoms with Gasteiger partial charge in [0, 0.05) is 37.9 Å². The van der Waals surface area contributed by atoms with Crippen LogP contribution in [0.4, 0.5) is 0 Å². The first-order valence-corrected chi connectivity index (χ1v) is 18.3. The molecule has 7 heteroatoms. The third-order valence-corrected chi connectivity index (χ3v) is 15.2. The standard InChI is InChI=1S/C39H61NO6/c1-25(24-40-18-20-44-21-19-40)45-33(43)36(6)15-14-35(5)16-17-38(8)27(28(35)23-36)22-29(42)32-37(7)12-11-31(46-26(2)41)34(3,4)30(37)10-13-39(32,38)9/h22,25,28,30-32H,10-21,23-24H2,1-9H3/t25-,28+,30-,31-,32-,35-,36-,37-,38-,39-/m1/s1. The summed E-state index contributed by atoms with van der Waals surface area (Å²) in [6.07, 6.45) is 10.3. The van der Waals surface area contributed by atoms with Crippen molar-refractivity contribution >= 4 is 17.7 Å². The molecule has 0 unspecified atom stereocenters. The summed E-state index contributed by atoms with van der Waals surface area (Å²) >= 11 is 0. The van der Waals surface area contributed by atoms with E-state index in [1.807, 2.05) is 6.92 Å². The van der Waals surface area contributed by atoms with E-state index < -0.39 is 5.41 Å². The van der Waals surface area contributed by atoms with Crippen LogP contribution in [0.25, 0.3) is 0 Å². The maximum Gasteiger partial charge on any atom is 0.312 e. The summed E-state index contributed by atoms with van der Waals surface area (Å²) in [7, 11) is 0. The van der Waals surface area contributed by atoms with Gasteiger partial charge in [-0.05, 0) is 111 Å². The summed E-state index contributed by atoms with van der Waals surface area (Å²) in [6, 6.07) is 0. The van der Waals surface area contributed by atoms with Crippen molar-refractivity contribution in [2.24, 2.45) is 50.2 Å². The number of carbonyl (C=O) groups is 3. The van der Waals surface area contributed by atoms with E-state index in [2.05, 4.69) is 59.4 Å². The Morgan fingerprint density at radius 1 is 0.957 bits per heavy atom. The van der Waals surface area contributed by atoms with Crippen LogP contribution in [-0.4, -0.2) is 67.7 Å². The Bertz CT molecular complexity index is 1280. The van der Waals surface area contributed by atoms with E-state index in [0.717, 1.165) is 90.6 Å². The number of nitrogens with zero attached hydrogens (tertiary/aromatic N) is 1. The van der Waals surface area contributed by atoms with Gasteiger partial charge in [-0.1, -0.05) is 47.1 Å². The third kappa shape index (κ3) is 5.15. The van der Waals surface area contributed by atoms with Crippen LogP contribution in [0.5, 0.6) is 0 Å². The van der Waals surface area contributed by atoms with Gasteiger partial charge in [-0.3, -0.25) is 19.3 Å². The second-order valence-corrected chi connectivity index (χ2v) is 18.3. The Morgan fingerprint density at radius 2 is 1.63 bits per heavy atom. The van der Waals surface area contributed by atoms with E-state index in [1.54, 1.807) is 0 Å². The van der Waals surface area contributed by atoms with Crippen molar-refractivity contribution in [3.05, 3.63) is 11.6 Å². The number of ether oxygens (including phenoxy) is 3. The Kier molecular flexibility index (Phi) is 8.48. The second kappa shape index (κ2) is 11.4. The lowest BCUT2D eigenvalue weighted by atomic mass is 9.33. The number of hydrogen-bond acceptors (Lipinski definition) is 7. The van der Waals surface area contributed by atoms with Crippen LogP contribution in [0.3, 0.4) is 0 Å². The highest BCUT2D eigenvalue weighted by atomic mass is 16.5. The number of hydrogen-bond donors (Lipinski definition) is 0. The van der Waals surface area contributed by atoms with E-state index in [-0.39, 0.29) is 63.1 Å². The quantitative estimate of drug-likeness (QED) is 0.295. The van der Waals surface area contributed by atoms with E-state index in [1.165, 1.54) is 12.5 Å². The number of ketones is 1. The largest absolute Gasteiger partial charge is 0.462 e. The predicted molar refractivity (Wildman–Crippen MR) is 178 cm³/mol. The summed E-state index contributed by atoms with van der Waals surface area (Å²) in [5, 5.41) is 0. The molecule has 258 valence electrons. The number of morpholine rings is 1. The number of rotatable bonds is 5. The lowest BCUT2D eigenvalue weighted by molar-refractivity contribution is -0.210. The van der Waals surface area contributed by atoms with E-state index >= 15 is 0 Å². The van der Waals surface area contributed by atoms with Crippen LogP contribution in [0, 0.1) is 50.2 Å². The molecule has 46 heavy (non-hydrogen) atoms. The highest BCUT2D eigenvalue weighted by Crippen LogP contribution is 2.75. The van der Waals surface area contributed by atoms with Crippen molar-refractivity contribution in [1.29, 1.82) is 0 Å². The van der Waals surface area contributed by atoms with E-state index in [0.29, 0.717) is 11.7 Å². The molecule has 10 atom stereocenters. The molecular formula is C39H61NO6. The summed E-state index contributed by atoms with van der Waals surface area (Å²) < 4.78 is 17.6. The fourth-order valence-corrected chi connectivity index (χ4v) is 12.3. The average Bonchev–Trinajstić information content (AvgIpc) is 2.97. The number of fused-ring (bicyclic) bond motifs is 7. The fraction of sp³-hybridized carbons (Fsp3) is 0.872. The Balaban J connectivity index is 1.28. The molecule has 0 spiro atoms. The smallest absolute Gasteiger partial charge is 0.312 e. The highest BCUT2D eigenvalue weighted by molar-refractivity contribution is 5.95. The zero-order valence-corrected chi connectivity index (χ0v) is 30.3. The van der Waals surface area contributed by atoms with Crippen LogP contribution in [0.15, 0.2) is 11.6 Å². The molecule has 1 aliphatic heterocycles. The van der Waals surface area contributed by atoms with Crippen molar-refractivity contribution in [3.63, 3.8) is 0 Å². The van der Waals surface area contributed by atoms with Crippen molar-refractivity contribution < 1.29 is 28.6 Å². The molecule has 6 rings (SSSR count). The Hall–Kier alpha value is -1.73. The first-order valence-electron chi connectivity index (χ1n) is 18.3. The van der Waals surface area contributed by atoms with E-state index in [9.17, 15) is 14.4 Å². The molecule has 0 aromatic heterocycles. The van der Waals surface area contributed by atoms with Crippen molar-refractivity contribution in [1.82, 2.24) is 4.90 Å². The molecule has 4 saturated carbocycles. The number of esters is 2. The van der Waals surface area contributed by atoms with Crippen LogP contribution in [-0.2, 0) is 28.6 Å². The highest BCUT2D eigenvalue weighted by Gasteiger charge is 2.70. The molecule has 0 N–H and O–H groups in total. The van der Waals surface area contributed by atoms with Crippen LogP contribution in [0.2, 0.25) is 0 Å². The molecule has 1 saturated heterocycles. The molecule has 0 aromatic rings. The van der Waals surface area contributed by atoms with Gasteiger partial charge in [0.1, 0.15) is 12.2 Å². The summed E-state index contributed by atoms with van der Waals surface area (Å²) in [4.78, 5) is 43.0. The van der Waals surface area contributed by atoms with Gasteiger partial charge in [-0.25, -0.2) is 0 Å². The van der Waals surface area contributed by atoms with Crippen molar-refractivity contribution in [2.45, 2.75) is 132 Å². The van der Waals surface area contributed by atoms with Gasteiger partial charge in [0.25, 0.3) is 0 Å². The van der Waals surface area contributed by atoms with Crippen molar-refractivity contribution in [2.75, 3.05) is 32.8 Å². The topological polar surface area (TPSA) is 82.1 Å². The summed E-state index contributed by atoms with van der Waals surface area (Å²) in [5.41, 5.74) is 0.224. The molecule has 7 nitrogen and oxygen atoms in total. The third-order valence-electron chi connectivity index (χ3n) is 15.2. The Morgan fingerprint density at radius 3 is 2.30 bits per heavy atom. The minimum absolute atomic E-state index is 0.0598. The zero-order valence-electron chi connectivity index (χ0n) is 30.3. The second-order valence-electron chi connectivity index (χ2n) is 18.3. The minimum atomic E-state index is -0.563. The first-order chi connectivity index (χ1) is 21.4. The Labute approximate surface area is 277 Å². The molecule has 0 bridgehead atoms. The van der Waals surface area contributed by atoms with Crippen molar-refractivity contribution in [3.8, 4) is 0 Å². The average molecular weight is 640 g/mol. The summed E-state index contributed by atoms with van der Waals surface area (Å²) in [6.45, 7) is 23.8. The van der Waals surface area contributed by atoms with Gasteiger partial charge in [-0.15, -0.1) is 0 Å². The van der Waals surface area contributed by atoms with Gasteiger partial charge in [0.2, 0.25) is 0 Å². The number of carbonyl (C=O) groups excluding carboxylic acids is 3. The van der Waals surface area contributed by atoms with E-state index in [4.69, 9.17) is 14.2 Å². The molecule has 0 aromatic carbocycles. The lowest BCUT2D eigenvalue weighted by Crippen LogP contribution is -2.66. The SMILES string of the molecule is CC(=O)O[C@@H]1CC[C@]2(C)[C@H](CC[C@]3(C)[C@@H]2C(=O)C=C2[C@@H]4C[C@](C)(C(=O)O[C@H](C)CN5CCOCC5)CC[C@]4(C)CC[C@]23C)C1(C)C. The monoisotopic (exact) mass is 639 g/mol. The van der Waals surface area contributed by atoms with Crippen LogP contribution < -0.4 is 0 Å². The van der Waals surface area contributed by atoms with Crippen LogP contribution >= 0.6 is 0 Å². The molecule has 0 radical (unpaired) electrons. The minimum Gasteiger partial charge on any atom is -0.462 e. The zero-order chi connectivity index (χ0) is 33.5. The molecule has 6 aliphatic rings. The van der Waals surface area contributed by atoms with Gasteiger partial charge in [-0.2, -0.15) is 0 Å². The predicted octanol–water partition coefficient (Wildman–Crippen LogP) is 7.16. The normalized spacial score (nSPS) is 46.0. The molecule has 5 aliphatic carbocycles. The maximum absolute atomic E-state index is 14.7. The molecule has 1 heterocycles. The lowest BCUT2D eigenvalue weighted by Gasteiger charge is -2.70. The molecule has 5 fully saturated rings. The van der Waals surface area contributed by atoms with Crippen LogP contribution in [0.1, 0.15) is 120 Å². The van der Waals surface area contributed by atoms with Gasteiger partial charge in [0.15, 0.2) is 5.78 Å². The molecule has 0 amide bonds. The van der Waals surface area contributed by atoms with Gasteiger partial charge in [0.05, 0.1) is 18.6 Å². The first kappa shape index (κ1) is 34.1. The maximum atomic E-state index is 14.7.